The van der Waals surface area contributed by atoms with Crippen LogP contribution < -0.4 is 0 Å². The van der Waals surface area contributed by atoms with E-state index in [9.17, 15) is 19.2 Å². The minimum absolute atomic E-state index is 0.0942. The topological polar surface area (TPSA) is 105 Å². The van der Waals surface area contributed by atoms with Crippen LogP contribution in [0.2, 0.25) is 0 Å². The Balaban J connectivity index is 0.000000577. The number of hydrogen-bond acceptors (Lipinski definition) is 8. The first kappa shape index (κ1) is 34.1. The molecule has 0 unspecified atom stereocenters. The molecule has 0 aromatic heterocycles. The molecule has 0 amide bonds. The van der Waals surface area contributed by atoms with Gasteiger partial charge in [-0.2, -0.15) is 0 Å². The van der Waals surface area contributed by atoms with Gasteiger partial charge in [0.15, 0.2) is 0 Å². The SMILES string of the molecule is C=CC(=O)O[C@H]1C[C@@H]2CC[C@@]1(C)C2(C)C.C=COC(C)=O.CCCCOC(=O)C=CC(=O)OCCCC. The Morgan fingerprint density at radius 1 is 0.892 bits per heavy atom. The zero-order valence-corrected chi connectivity index (χ0v) is 23.5. The fourth-order valence-electron chi connectivity index (χ4n) is 4.48. The molecule has 2 rings (SSSR count). The van der Waals surface area contributed by atoms with Crippen molar-refractivity contribution < 1.29 is 38.1 Å². The Morgan fingerprint density at radius 2 is 1.41 bits per heavy atom. The standard InChI is InChI=1S/C13H20O2.C12H20O4.C4H6O2/c1-5-11(14)15-10-8-9-6-7-13(10,4)12(9,2)3;1-3-5-9-15-11(13)7-8-12(14)16-10-6-4-2;1-3-6-4(2)5/h5,9-10H,1,6-8H2,2-4H3;7-8H,3-6,9-10H2,1-2H3;3H,1H2,2H3/t9-,10-,13+;;/m0../s1. The maximum absolute atomic E-state index is 11.3. The summed E-state index contributed by atoms with van der Waals surface area (Å²) in [5, 5.41) is 0. The molecule has 0 aromatic carbocycles. The molecule has 0 N–H and O–H groups in total. The van der Waals surface area contributed by atoms with E-state index in [0.717, 1.165) is 50.5 Å². The summed E-state index contributed by atoms with van der Waals surface area (Å²) in [5.74, 6) is -0.888. The Labute approximate surface area is 222 Å². The van der Waals surface area contributed by atoms with E-state index in [1.807, 2.05) is 13.8 Å². The lowest BCUT2D eigenvalue weighted by Gasteiger charge is -2.38. The van der Waals surface area contributed by atoms with E-state index in [0.29, 0.717) is 24.5 Å². The van der Waals surface area contributed by atoms with Crippen LogP contribution in [0.4, 0.5) is 0 Å². The molecule has 0 radical (unpaired) electrons. The van der Waals surface area contributed by atoms with E-state index < -0.39 is 11.9 Å². The summed E-state index contributed by atoms with van der Waals surface area (Å²) in [5.41, 5.74) is 0.468. The molecule has 8 heteroatoms. The number of hydrogen-bond donors (Lipinski definition) is 0. The second kappa shape index (κ2) is 17.5. The number of carbonyl (C=O) groups excluding carboxylic acids is 4. The highest BCUT2D eigenvalue weighted by atomic mass is 16.5. The number of unbranched alkanes of at least 4 members (excludes halogenated alkanes) is 2. The molecule has 2 aliphatic rings. The largest absolute Gasteiger partial charge is 0.463 e. The molecular weight excluding hydrogens is 476 g/mol. The van der Waals surface area contributed by atoms with Crippen LogP contribution in [0.3, 0.4) is 0 Å². The van der Waals surface area contributed by atoms with E-state index in [2.05, 4.69) is 38.7 Å². The Morgan fingerprint density at radius 3 is 1.70 bits per heavy atom. The highest BCUT2D eigenvalue weighted by molar-refractivity contribution is 5.91. The van der Waals surface area contributed by atoms with Crippen LogP contribution in [-0.4, -0.2) is 43.2 Å². The summed E-state index contributed by atoms with van der Waals surface area (Å²) in [4.78, 5) is 43.1. The smallest absolute Gasteiger partial charge is 0.331 e. The third-order valence-electron chi connectivity index (χ3n) is 7.23. The number of rotatable bonds is 11. The fourth-order valence-corrected chi connectivity index (χ4v) is 4.48. The number of esters is 4. The van der Waals surface area contributed by atoms with Crippen LogP contribution in [0.15, 0.2) is 37.6 Å². The van der Waals surface area contributed by atoms with E-state index in [1.54, 1.807) is 0 Å². The van der Waals surface area contributed by atoms with Gasteiger partial charge in [-0.05, 0) is 43.4 Å². The second-order valence-corrected chi connectivity index (χ2v) is 9.89. The van der Waals surface area contributed by atoms with Gasteiger partial charge in [0.25, 0.3) is 0 Å². The van der Waals surface area contributed by atoms with Crippen LogP contribution in [0.5, 0.6) is 0 Å². The summed E-state index contributed by atoms with van der Waals surface area (Å²) in [6, 6.07) is 0. The molecule has 2 bridgehead atoms. The van der Waals surface area contributed by atoms with Gasteiger partial charge in [-0.1, -0.05) is 60.6 Å². The van der Waals surface area contributed by atoms with E-state index >= 15 is 0 Å². The Hall–Kier alpha value is -2.90. The van der Waals surface area contributed by atoms with Gasteiger partial charge >= 0.3 is 23.9 Å². The van der Waals surface area contributed by atoms with Crippen LogP contribution in [0.25, 0.3) is 0 Å². The van der Waals surface area contributed by atoms with Gasteiger partial charge in [-0.15, -0.1) is 0 Å². The lowest BCUT2D eigenvalue weighted by Crippen LogP contribution is -2.38. The molecular formula is C29H46O8. The van der Waals surface area contributed by atoms with Crippen molar-refractivity contribution in [3.8, 4) is 0 Å². The molecule has 2 fully saturated rings. The monoisotopic (exact) mass is 522 g/mol. The van der Waals surface area contributed by atoms with Crippen molar-refractivity contribution >= 4 is 23.9 Å². The molecule has 2 aliphatic carbocycles. The fraction of sp³-hybridized carbons (Fsp3) is 0.655. The summed E-state index contributed by atoms with van der Waals surface area (Å²) < 4.78 is 19.3. The molecule has 3 atom stereocenters. The lowest BCUT2D eigenvalue weighted by atomic mass is 9.70. The predicted octanol–water partition coefficient (Wildman–Crippen LogP) is 5.85. The summed E-state index contributed by atoms with van der Waals surface area (Å²) >= 11 is 0. The highest BCUT2D eigenvalue weighted by Crippen LogP contribution is 2.66. The normalized spacial score (nSPS) is 22.4. The average molecular weight is 523 g/mol. The first-order chi connectivity index (χ1) is 17.4. The van der Waals surface area contributed by atoms with Crippen molar-refractivity contribution in [3.05, 3.63) is 37.6 Å². The lowest BCUT2D eigenvalue weighted by molar-refractivity contribution is -0.150. The quantitative estimate of drug-likeness (QED) is 0.109. The second-order valence-electron chi connectivity index (χ2n) is 9.89. The van der Waals surface area contributed by atoms with Crippen LogP contribution in [0.1, 0.15) is 86.5 Å². The zero-order chi connectivity index (χ0) is 28.5. The number of fused-ring (bicyclic) bond motifs is 2. The minimum Gasteiger partial charge on any atom is -0.463 e. The summed E-state index contributed by atoms with van der Waals surface area (Å²) in [6.07, 6.45) is 11.8. The molecule has 0 heterocycles. The van der Waals surface area contributed by atoms with Gasteiger partial charge in [0.2, 0.25) is 0 Å². The van der Waals surface area contributed by atoms with Gasteiger partial charge in [0, 0.05) is 30.6 Å². The van der Waals surface area contributed by atoms with Gasteiger partial charge in [-0.3, -0.25) is 4.79 Å². The van der Waals surface area contributed by atoms with Crippen LogP contribution in [-0.2, 0) is 38.1 Å². The van der Waals surface area contributed by atoms with E-state index in [-0.39, 0.29) is 23.5 Å². The third kappa shape index (κ3) is 11.8. The van der Waals surface area contributed by atoms with E-state index in [4.69, 9.17) is 14.2 Å². The van der Waals surface area contributed by atoms with Crippen molar-refractivity contribution in [1.29, 1.82) is 0 Å². The molecule has 0 aliphatic heterocycles. The van der Waals surface area contributed by atoms with Crippen molar-refractivity contribution in [2.24, 2.45) is 16.7 Å². The van der Waals surface area contributed by atoms with E-state index in [1.165, 1.54) is 25.8 Å². The molecule has 0 saturated heterocycles. The molecule has 0 aromatic rings. The Bertz CT molecular complexity index is 774. The zero-order valence-electron chi connectivity index (χ0n) is 23.5. The van der Waals surface area contributed by atoms with Crippen molar-refractivity contribution in [3.63, 3.8) is 0 Å². The van der Waals surface area contributed by atoms with Crippen molar-refractivity contribution in [2.75, 3.05) is 13.2 Å². The van der Waals surface area contributed by atoms with Gasteiger partial charge in [-0.25, -0.2) is 14.4 Å². The maximum atomic E-state index is 11.3. The Kier molecular flexibility index (Phi) is 16.2. The number of carbonyl (C=O) groups is 4. The molecule has 2 saturated carbocycles. The minimum atomic E-state index is -0.499. The van der Waals surface area contributed by atoms with Gasteiger partial charge < -0.3 is 18.9 Å². The molecule has 8 nitrogen and oxygen atoms in total. The first-order valence-electron chi connectivity index (χ1n) is 13.0. The maximum Gasteiger partial charge on any atom is 0.331 e. The number of ether oxygens (including phenoxy) is 4. The summed E-state index contributed by atoms with van der Waals surface area (Å²) in [7, 11) is 0. The van der Waals surface area contributed by atoms with Crippen molar-refractivity contribution in [2.45, 2.75) is 92.6 Å². The summed E-state index contributed by atoms with van der Waals surface area (Å²) in [6.45, 7) is 19.6. The molecule has 0 spiro atoms. The predicted molar refractivity (Wildman–Crippen MR) is 142 cm³/mol. The first-order valence-corrected chi connectivity index (χ1v) is 13.0. The average Bonchev–Trinajstić information content (AvgIpc) is 3.17. The van der Waals surface area contributed by atoms with Crippen molar-refractivity contribution in [1.82, 2.24) is 0 Å². The highest BCUT2D eigenvalue weighted by Gasteiger charge is 2.62. The van der Waals surface area contributed by atoms with Gasteiger partial charge in [0.05, 0.1) is 19.5 Å². The van der Waals surface area contributed by atoms with Gasteiger partial charge in [0.1, 0.15) is 6.10 Å². The molecule has 37 heavy (non-hydrogen) atoms. The molecule has 210 valence electrons. The third-order valence-corrected chi connectivity index (χ3v) is 7.23. The van der Waals surface area contributed by atoms with Crippen LogP contribution >= 0.6 is 0 Å². The van der Waals surface area contributed by atoms with Crippen LogP contribution in [0, 0.1) is 16.7 Å².